The molecule has 0 aromatic carbocycles. The fourth-order valence-electron chi connectivity index (χ4n) is 1.29. The van der Waals surface area contributed by atoms with Crippen molar-refractivity contribution in [3.63, 3.8) is 0 Å². The third-order valence-electron chi connectivity index (χ3n) is 2.12. The maximum Gasteiger partial charge on any atom is 0.372 e. The Morgan fingerprint density at radius 1 is 1.43 bits per heavy atom. The van der Waals surface area contributed by atoms with Crippen LogP contribution in [0.5, 0.6) is 0 Å². The van der Waals surface area contributed by atoms with Crippen LogP contribution < -0.4 is 0 Å². The van der Waals surface area contributed by atoms with Crippen molar-refractivity contribution in [2.45, 2.75) is 26.7 Å². The van der Waals surface area contributed by atoms with Crippen molar-refractivity contribution in [1.82, 2.24) is 10.2 Å². The van der Waals surface area contributed by atoms with Crippen LogP contribution in [-0.2, 0) is 16.0 Å². The number of hydrogen-bond donors (Lipinski definition) is 2. The highest BCUT2D eigenvalue weighted by Crippen LogP contribution is 2.11. The van der Waals surface area contributed by atoms with Crippen LogP contribution in [0.3, 0.4) is 0 Å². The van der Waals surface area contributed by atoms with E-state index < -0.39 is 11.8 Å². The second kappa shape index (κ2) is 4.04. The van der Waals surface area contributed by atoms with Crippen molar-refractivity contribution in [2.24, 2.45) is 0 Å². The minimum absolute atomic E-state index is 0.0244. The van der Waals surface area contributed by atoms with Crippen LogP contribution in [0.1, 0.15) is 23.4 Å². The molecule has 0 spiro atoms. The molecule has 1 heterocycles. The predicted octanol–water partition coefficient (Wildman–Crippen LogP) is 0.613. The highest BCUT2D eigenvalue weighted by Gasteiger charge is 2.13. The minimum atomic E-state index is -1.37. The lowest BCUT2D eigenvalue weighted by atomic mass is 10.1. The Balaban J connectivity index is 2.62. The Hall–Kier alpha value is -1.65. The molecule has 0 aliphatic heterocycles. The van der Waals surface area contributed by atoms with E-state index in [0.29, 0.717) is 6.42 Å². The zero-order valence-electron chi connectivity index (χ0n) is 8.13. The molecule has 5 nitrogen and oxygen atoms in total. The van der Waals surface area contributed by atoms with Gasteiger partial charge in [0.1, 0.15) is 0 Å². The number of aryl methyl sites for hydroxylation is 2. The van der Waals surface area contributed by atoms with Gasteiger partial charge in [-0.15, -0.1) is 0 Å². The van der Waals surface area contributed by atoms with Crippen LogP contribution in [0, 0.1) is 13.8 Å². The van der Waals surface area contributed by atoms with Gasteiger partial charge in [0.25, 0.3) is 0 Å². The predicted molar refractivity (Wildman–Crippen MR) is 49.0 cm³/mol. The van der Waals surface area contributed by atoms with Gasteiger partial charge in [-0.1, -0.05) is 0 Å². The van der Waals surface area contributed by atoms with Gasteiger partial charge < -0.3 is 5.11 Å². The van der Waals surface area contributed by atoms with E-state index >= 15 is 0 Å². The third kappa shape index (κ3) is 2.18. The topological polar surface area (TPSA) is 83.0 Å². The first kappa shape index (κ1) is 10.4. The highest BCUT2D eigenvalue weighted by atomic mass is 16.4. The van der Waals surface area contributed by atoms with Crippen LogP contribution in [0.4, 0.5) is 0 Å². The minimum Gasteiger partial charge on any atom is -0.476 e. The van der Waals surface area contributed by atoms with Crippen molar-refractivity contribution in [3.05, 3.63) is 17.0 Å². The smallest absolute Gasteiger partial charge is 0.372 e. The summed E-state index contributed by atoms with van der Waals surface area (Å²) in [5, 5.41) is 15.1. The van der Waals surface area contributed by atoms with Gasteiger partial charge in [0.2, 0.25) is 5.78 Å². The van der Waals surface area contributed by atoms with Crippen LogP contribution in [0.15, 0.2) is 0 Å². The molecule has 14 heavy (non-hydrogen) atoms. The van der Waals surface area contributed by atoms with E-state index in [2.05, 4.69) is 10.2 Å². The number of carboxylic acid groups (broad SMARTS) is 1. The summed E-state index contributed by atoms with van der Waals surface area (Å²) in [6.45, 7) is 3.67. The fraction of sp³-hybridized carbons (Fsp3) is 0.444. The first-order valence-electron chi connectivity index (χ1n) is 4.29. The van der Waals surface area contributed by atoms with E-state index in [-0.39, 0.29) is 6.42 Å². The maximum atomic E-state index is 10.8. The lowest BCUT2D eigenvalue weighted by Crippen LogP contribution is -2.13. The van der Waals surface area contributed by atoms with Gasteiger partial charge in [-0.25, -0.2) is 4.79 Å². The molecule has 1 aromatic heterocycles. The molecule has 0 radical (unpaired) electrons. The van der Waals surface area contributed by atoms with Crippen molar-refractivity contribution in [3.8, 4) is 0 Å². The molecule has 1 aromatic rings. The zero-order valence-corrected chi connectivity index (χ0v) is 8.13. The molecule has 76 valence electrons. The van der Waals surface area contributed by atoms with Crippen molar-refractivity contribution in [2.75, 3.05) is 0 Å². The number of nitrogens with one attached hydrogen (secondary N) is 1. The van der Waals surface area contributed by atoms with E-state index in [0.717, 1.165) is 17.0 Å². The van der Waals surface area contributed by atoms with Gasteiger partial charge in [0.05, 0.1) is 5.69 Å². The summed E-state index contributed by atoms with van der Waals surface area (Å²) in [5.41, 5.74) is 2.64. The molecule has 0 amide bonds. The summed E-state index contributed by atoms with van der Waals surface area (Å²) < 4.78 is 0. The number of aliphatic carboxylic acids is 1. The van der Waals surface area contributed by atoms with Crippen LogP contribution >= 0.6 is 0 Å². The summed E-state index contributed by atoms with van der Waals surface area (Å²) >= 11 is 0. The molecule has 0 saturated heterocycles. The van der Waals surface area contributed by atoms with Crippen LogP contribution in [-0.4, -0.2) is 27.1 Å². The maximum absolute atomic E-state index is 10.8. The Bertz CT molecular complexity index is 349. The van der Waals surface area contributed by atoms with Gasteiger partial charge in [-0.05, 0) is 25.8 Å². The van der Waals surface area contributed by atoms with E-state index in [1.165, 1.54) is 0 Å². The average Bonchev–Trinajstić information content (AvgIpc) is 2.43. The number of aromatic nitrogens is 2. The summed E-state index contributed by atoms with van der Waals surface area (Å²) in [6, 6.07) is 0. The van der Waals surface area contributed by atoms with Crippen molar-refractivity contribution < 1.29 is 14.7 Å². The average molecular weight is 196 g/mol. The Morgan fingerprint density at radius 3 is 2.50 bits per heavy atom. The molecule has 0 aliphatic rings. The van der Waals surface area contributed by atoms with Gasteiger partial charge in [0, 0.05) is 12.1 Å². The molecule has 5 heteroatoms. The number of carboxylic acids is 1. The van der Waals surface area contributed by atoms with Crippen molar-refractivity contribution >= 4 is 11.8 Å². The Morgan fingerprint density at radius 2 is 2.07 bits per heavy atom. The van der Waals surface area contributed by atoms with Crippen LogP contribution in [0.25, 0.3) is 0 Å². The molecule has 0 atom stereocenters. The second-order valence-corrected chi connectivity index (χ2v) is 3.14. The Kier molecular flexibility index (Phi) is 3.01. The molecular weight excluding hydrogens is 184 g/mol. The monoisotopic (exact) mass is 196 g/mol. The molecule has 0 fully saturated rings. The van der Waals surface area contributed by atoms with Gasteiger partial charge >= 0.3 is 5.97 Å². The van der Waals surface area contributed by atoms with E-state index in [4.69, 9.17) is 5.11 Å². The fourth-order valence-corrected chi connectivity index (χ4v) is 1.29. The lowest BCUT2D eigenvalue weighted by Gasteiger charge is -1.98. The quantitative estimate of drug-likeness (QED) is 0.691. The standard InChI is InChI=1S/C9H12N2O3/c1-5-7(6(2)11-10-5)3-4-8(12)9(13)14/h3-4H2,1-2H3,(H,10,11)(H,13,14). The van der Waals surface area contributed by atoms with E-state index in [1.807, 2.05) is 13.8 Å². The third-order valence-corrected chi connectivity index (χ3v) is 2.12. The van der Waals surface area contributed by atoms with Crippen molar-refractivity contribution in [1.29, 1.82) is 0 Å². The summed E-state index contributed by atoms with van der Waals surface area (Å²) in [7, 11) is 0. The zero-order chi connectivity index (χ0) is 10.7. The summed E-state index contributed by atoms with van der Waals surface area (Å²) in [4.78, 5) is 21.1. The first-order chi connectivity index (χ1) is 6.52. The summed E-state index contributed by atoms with van der Waals surface area (Å²) in [5.74, 6) is -2.13. The molecule has 2 N–H and O–H groups in total. The molecule has 0 saturated carbocycles. The Labute approximate surface area is 81.1 Å². The van der Waals surface area contributed by atoms with E-state index in [1.54, 1.807) is 0 Å². The molecular formula is C9H12N2O3. The summed E-state index contributed by atoms with van der Waals surface area (Å²) in [6.07, 6.45) is 0.454. The van der Waals surface area contributed by atoms with Gasteiger partial charge in [-0.3, -0.25) is 9.89 Å². The van der Waals surface area contributed by atoms with Gasteiger partial charge in [0.15, 0.2) is 0 Å². The normalized spacial score (nSPS) is 10.1. The molecule has 1 rings (SSSR count). The highest BCUT2D eigenvalue weighted by molar-refractivity contribution is 6.32. The first-order valence-corrected chi connectivity index (χ1v) is 4.29. The molecule has 0 unspecified atom stereocenters. The number of nitrogens with zero attached hydrogens (tertiary/aromatic N) is 1. The number of carbonyl (C=O) groups excluding carboxylic acids is 1. The number of carbonyl (C=O) groups is 2. The number of hydrogen-bond acceptors (Lipinski definition) is 3. The molecule has 0 aliphatic carbocycles. The van der Waals surface area contributed by atoms with Crippen LogP contribution in [0.2, 0.25) is 0 Å². The largest absolute Gasteiger partial charge is 0.476 e. The number of ketones is 1. The van der Waals surface area contributed by atoms with E-state index in [9.17, 15) is 9.59 Å². The lowest BCUT2D eigenvalue weighted by molar-refractivity contribution is -0.149. The number of aromatic amines is 1. The second-order valence-electron chi connectivity index (χ2n) is 3.14. The molecule has 0 bridgehead atoms. The number of H-pyrrole nitrogens is 1. The SMILES string of the molecule is Cc1n[nH]c(C)c1CCC(=O)C(=O)O. The van der Waals surface area contributed by atoms with Gasteiger partial charge in [-0.2, -0.15) is 5.10 Å². The number of Topliss-reactive ketones (excluding diaryl/α,β-unsaturated/α-hetero) is 1. The number of rotatable bonds is 4.